The van der Waals surface area contributed by atoms with E-state index in [-0.39, 0.29) is 6.03 Å². The van der Waals surface area contributed by atoms with Crippen LogP contribution in [0.2, 0.25) is 0 Å². The van der Waals surface area contributed by atoms with Crippen LogP contribution in [0.4, 0.5) is 4.79 Å². The number of carbonyl (C=O) groups is 1. The Morgan fingerprint density at radius 3 is 2.23 bits per heavy atom. The minimum Gasteiger partial charge on any atom is -0.340 e. The Balaban J connectivity index is 1.42. The summed E-state index contributed by atoms with van der Waals surface area (Å²) in [5.74, 6) is 6.92. The number of rotatable bonds is 0. The number of urea groups is 1. The third kappa shape index (κ3) is 1.54. The average Bonchev–Trinajstić information content (AvgIpc) is 3.43. The topological polar surface area (TPSA) is 44.4 Å². The Morgan fingerprint density at radius 2 is 1.50 bits per heavy atom. The highest BCUT2D eigenvalue weighted by molar-refractivity contribution is 5.75. The van der Waals surface area contributed by atoms with Gasteiger partial charge in [0.2, 0.25) is 0 Å². The first-order valence-corrected chi connectivity index (χ1v) is 11.3. The van der Waals surface area contributed by atoms with Crippen LogP contribution in [-0.2, 0) is 0 Å². The molecule has 4 nitrogen and oxygen atoms in total. The normalized spacial score (nSPS) is 55.2. The van der Waals surface area contributed by atoms with Crippen LogP contribution in [0.3, 0.4) is 0 Å². The van der Waals surface area contributed by atoms with Gasteiger partial charge < -0.3 is 5.32 Å². The average molecular weight is 354 g/mol. The Hall–Kier alpha value is -1.03. The van der Waals surface area contributed by atoms with Gasteiger partial charge in [0.05, 0.1) is 12.1 Å². The summed E-state index contributed by atoms with van der Waals surface area (Å²) in [6.07, 6.45) is 11.3. The SMILES string of the molecule is CNC(=O)N1N[C@@H]2C(=C3[C@@H]1[C@H]1CC[C@H]4CC[C@@H]3[C@@H]41)[C@@H]1CC[C@H]3CC[C@H]2[C@@H]31. The van der Waals surface area contributed by atoms with Crippen molar-refractivity contribution in [3.8, 4) is 0 Å². The first-order valence-electron chi connectivity index (χ1n) is 11.3. The summed E-state index contributed by atoms with van der Waals surface area (Å²) >= 11 is 0. The Kier molecular flexibility index (Phi) is 2.80. The molecule has 0 aromatic rings. The molecule has 26 heavy (non-hydrogen) atoms. The zero-order valence-electron chi connectivity index (χ0n) is 15.8. The number of hydrogen-bond acceptors (Lipinski definition) is 2. The summed E-state index contributed by atoms with van der Waals surface area (Å²) in [7, 11) is 1.80. The van der Waals surface area contributed by atoms with Gasteiger partial charge in [-0.2, -0.15) is 0 Å². The maximum Gasteiger partial charge on any atom is 0.332 e. The molecule has 0 saturated heterocycles. The predicted octanol–water partition coefficient (Wildman–Crippen LogP) is 3.31. The highest BCUT2D eigenvalue weighted by Crippen LogP contribution is 2.68. The Bertz CT molecular complexity index is 716. The van der Waals surface area contributed by atoms with Crippen molar-refractivity contribution in [2.24, 2.45) is 47.3 Å². The van der Waals surface area contributed by atoms with Crippen LogP contribution >= 0.6 is 0 Å². The lowest BCUT2D eigenvalue weighted by Gasteiger charge is -2.43. The van der Waals surface area contributed by atoms with Gasteiger partial charge in [-0.25, -0.2) is 10.2 Å². The van der Waals surface area contributed by atoms with Gasteiger partial charge in [0.1, 0.15) is 0 Å². The first-order chi connectivity index (χ1) is 12.8. The van der Waals surface area contributed by atoms with E-state index in [2.05, 4.69) is 15.8 Å². The molecule has 0 aromatic carbocycles. The smallest absolute Gasteiger partial charge is 0.332 e. The van der Waals surface area contributed by atoms with Gasteiger partial charge in [-0.05, 0) is 110 Å². The second kappa shape index (κ2) is 4.87. The van der Waals surface area contributed by atoms with E-state index in [1.54, 1.807) is 12.6 Å². The van der Waals surface area contributed by atoms with Gasteiger partial charge in [0.15, 0.2) is 0 Å². The third-order valence-corrected chi connectivity index (χ3v) is 10.1. The van der Waals surface area contributed by atoms with Crippen LogP contribution in [0.25, 0.3) is 0 Å². The van der Waals surface area contributed by atoms with Crippen LogP contribution in [0.15, 0.2) is 11.1 Å². The molecule has 0 radical (unpaired) electrons. The number of nitrogens with one attached hydrogen (secondary N) is 2. The number of hydrazine groups is 1. The van der Waals surface area contributed by atoms with Crippen molar-refractivity contribution in [2.75, 3.05) is 7.05 Å². The van der Waals surface area contributed by atoms with E-state index in [0.29, 0.717) is 12.1 Å². The van der Waals surface area contributed by atoms with E-state index in [1.165, 1.54) is 51.4 Å². The molecular weight excluding hydrogens is 322 g/mol. The zero-order valence-corrected chi connectivity index (χ0v) is 15.8. The molecule has 0 unspecified atom stereocenters. The fraction of sp³-hybridized carbons (Fsp3) is 0.864. The molecule has 1 heterocycles. The summed E-state index contributed by atoms with van der Waals surface area (Å²) in [5.41, 5.74) is 7.46. The molecule has 0 spiro atoms. The third-order valence-electron chi connectivity index (χ3n) is 10.1. The number of carbonyl (C=O) groups excluding carboxylic acids is 1. The minimum atomic E-state index is 0.0987. The summed E-state index contributed by atoms with van der Waals surface area (Å²) in [6.45, 7) is 0. The Labute approximate surface area is 156 Å². The first kappa shape index (κ1) is 15.0. The van der Waals surface area contributed by atoms with Crippen LogP contribution in [0.5, 0.6) is 0 Å². The fourth-order valence-electron chi connectivity index (χ4n) is 9.59. The maximum atomic E-state index is 12.9. The van der Waals surface area contributed by atoms with Crippen molar-refractivity contribution < 1.29 is 4.79 Å². The largest absolute Gasteiger partial charge is 0.340 e. The number of nitrogens with zero attached hydrogens (tertiary/aromatic N) is 1. The second-order valence-electron chi connectivity index (χ2n) is 10.4. The molecular formula is C22H31N3O. The van der Waals surface area contributed by atoms with Crippen molar-refractivity contribution >= 4 is 6.03 Å². The molecule has 1 aliphatic heterocycles. The molecule has 6 aliphatic carbocycles. The molecule has 10 atom stereocenters. The molecule has 2 N–H and O–H groups in total. The number of hydrogen-bond donors (Lipinski definition) is 2. The standard InChI is InChI=1S/C22H31N3O/c1-23-22(26)25-21-15-9-5-11-3-7-13(17(11)15)19(21)18-12-6-2-10-4-8-14(16(10)12)20(18)24-25/h10-17,20-21,24H,2-9H2,1H3,(H,23,26)/t10-,11+,12+,13+,14-,15-,16-,17+,20-,21-/m0/s1. The molecule has 6 fully saturated rings. The molecule has 140 valence electrons. The van der Waals surface area contributed by atoms with Crippen molar-refractivity contribution in [1.82, 2.24) is 15.8 Å². The van der Waals surface area contributed by atoms with Crippen molar-refractivity contribution in [2.45, 2.75) is 63.5 Å². The van der Waals surface area contributed by atoms with Crippen LogP contribution in [-0.4, -0.2) is 30.2 Å². The Morgan fingerprint density at radius 1 is 0.885 bits per heavy atom. The van der Waals surface area contributed by atoms with Crippen molar-refractivity contribution in [3.05, 3.63) is 11.1 Å². The molecule has 7 aliphatic rings. The van der Waals surface area contributed by atoms with E-state index in [1.807, 2.05) is 5.57 Å². The van der Waals surface area contributed by atoms with Gasteiger partial charge in [0, 0.05) is 7.05 Å². The molecule has 2 amide bonds. The van der Waals surface area contributed by atoms with E-state index < -0.39 is 0 Å². The highest BCUT2D eigenvalue weighted by Gasteiger charge is 2.65. The number of fused-ring (bicyclic) bond motifs is 6. The molecule has 7 rings (SSSR count). The predicted molar refractivity (Wildman–Crippen MR) is 98.9 cm³/mol. The summed E-state index contributed by atoms with van der Waals surface area (Å²) in [4.78, 5) is 12.9. The molecule has 6 saturated carbocycles. The molecule has 4 heteroatoms. The lowest BCUT2D eigenvalue weighted by molar-refractivity contribution is 0.0984. The second-order valence-corrected chi connectivity index (χ2v) is 10.4. The van der Waals surface area contributed by atoms with Crippen LogP contribution in [0.1, 0.15) is 51.4 Å². The van der Waals surface area contributed by atoms with Crippen molar-refractivity contribution in [3.63, 3.8) is 0 Å². The van der Waals surface area contributed by atoms with Gasteiger partial charge in [-0.1, -0.05) is 0 Å². The fourth-order valence-corrected chi connectivity index (χ4v) is 9.59. The zero-order chi connectivity index (χ0) is 17.2. The molecule has 0 aromatic heterocycles. The summed E-state index contributed by atoms with van der Waals surface area (Å²) < 4.78 is 0. The van der Waals surface area contributed by atoms with Gasteiger partial charge in [-0.15, -0.1) is 0 Å². The van der Waals surface area contributed by atoms with E-state index in [4.69, 9.17) is 0 Å². The lowest BCUT2D eigenvalue weighted by atomic mass is 9.83. The summed E-state index contributed by atoms with van der Waals surface area (Å²) in [5, 5.41) is 5.03. The van der Waals surface area contributed by atoms with Crippen LogP contribution in [0, 0.1) is 47.3 Å². The van der Waals surface area contributed by atoms with Gasteiger partial charge in [0.25, 0.3) is 0 Å². The highest BCUT2D eigenvalue weighted by atomic mass is 16.2. The number of amides is 2. The van der Waals surface area contributed by atoms with E-state index in [9.17, 15) is 4.79 Å². The van der Waals surface area contributed by atoms with Crippen LogP contribution < -0.4 is 10.7 Å². The van der Waals surface area contributed by atoms with Gasteiger partial charge >= 0.3 is 6.03 Å². The van der Waals surface area contributed by atoms with Gasteiger partial charge in [-0.3, -0.25) is 5.01 Å². The van der Waals surface area contributed by atoms with Crippen molar-refractivity contribution in [1.29, 1.82) is 0 Å². The minimum absolute atomic E-state index is 0.0987. The monoisotopic (exact) mass is 353 g/mol. The molecule has 0 bridgehead atoms. The van der Waals surface area contributed by atoms with E-state index >= 15 is 0 Å². The maximum absolute atomic E-state index is 12.9. The lowest BCUT2D eigenvalue weighted by Crippen LogP contribution is -2.61. The quantitative estimate of drug-likeness (QED) is 0.656. The van der Waals surface area contributed by atoms with E-state index in [0.717, 1.165) is 47.3 Å². The summed E-state index contributed by atoms with van der Waals surface area (Å²) in [6, 6.07) is 0.928.